The highest BCUT2D eigenvalue weighted by atomic mass is 16.2. The van der Waals surface area contributed by atoms with Crippen molar-refractivity contribution < 1.29 is 14.4 Å². The molecule has 0 bridgehead atoms. The van der Waals surface area contributed by atoms with Crippen LogP contribution in [0.15, 0.2) is 48.5 Å². The molecule has 3 N–H and O–H groups in total. The van der Waals surface area contributed by atoms with Crippen molar-refractivity contribution >= 4 is 29.5 Å². The molecule has 2 aromatic rings. The van der Waals surface area contributed by atoms with E-state index in [0.29, 0.717) is 0 Å². The lowest BCUT2D eigenvalue weighted by molar-refractivity contribution is -0.127. The standard InChI is InChI=1S/C23H27N3O3/c1-15-12-16(2)22(17(3)13-15)26-21(28)14-24-23(29)18(4)25-20(27)11-10-19-8-6-5-7-9-19/h5-13,18H,14H2,1-4H3,(H,24,29)(H,25,27)(H,26,28)/b11-10+. The number of anilines is 1. The highest BCUT2D eigenvalue weighted by Gasteiger charge is 2.16. The second-order valence-electron chi connectivity index (χ2n) is 7.01. The number of carbonyl (C=O) groups is 3. The van der Waals surface area contributed by atoms with E-state index in [2.05, 4.69) is 16.0 Å². The zero-order valence-electron chi connectivity index (χ0n) is 17.2. The normalized spacial score (nSPS) is 11.7. The van der Waals surface area contributed by atoms with Crippen LogP contribution < -0.4 is 16.0 Å². The van der Waals surface area contributed by atoms with Gasteiger partial charge in [-0.05, 0) is 50.5 Å². The summed E-state index contributed by atoms with van der Waals surface area (Å²) in [4.78, 5) is 36.3. The van der Waals surface area contributed by atoms with Gasteiger partial charge in [-0.3, -0.25) is 14.4 Å². The summed E-state index contributed by atoms with van der Waals surface area (Å²) in [6, 6.07) is 12.6. The molecule has 1 atom stereocenters. The summed E-state index contributed by atoms with van der Waals surface area (Å²) < 4.78 is 0. The Bertz CT molecular complexity index is 897. The first-order chi connectivity index (χ1) is 13.8. The van der Waals surface area contributed by atoms with Gasteiger partial charge in [-0.15, -0.1) is 0 Å². The summed E-state index contributed by atoms with van der Waals surface area (Å²) in [5.41, 5.74) is 4.69. The van der Waals surface area contributed by atoms with Crippen molar-refractivity contribution in [2.24, 2.45) is 0 Å². The molecule has 0 aromatic heterocycles. The SMILES string of the molecule is Cc1cc(C)c(NC(=O)CNC(=O)C(C)NC(=O)/C=C/c2ccccc2)c(C)c1. The van der Waals surface area contributed by atoms with E-state index < -0.39 is 11.9 Å². The molecule has 0 aliphatic heterocycles. The van der Waals surface area contributed by atoms with Crippen LogP contribution in [0.4, 0.5) is 5.69 Å². The monoisotopic (exact) mass is 393 g/mol. The van der Waals surface area contributed by atoms with Crippen LogP contribution in [0.3, 0.4) is 0 Å². The predicted molar refractivity (Wildman–Crippen MR) is 115 cm³/mol. The molecular formula is C23H27N3O3. The Labute approximate surface area is 171 Å². The molecular weight excluding hydrogens is 366 g/mol. The molecule has 0 fully saturated rings. The third-order valence-electron chi connectivity index (χ3n) is 4.34. The Hall–Kier alpha value is -3.41. The van der Waals surface area contributed by atoms with E-state index in [4.69, 9.17) is 0 Å². The van der Waals surface area contributed by atoms with Crippen molar-refractivity contribution in [3.05, 3.63) is 70.8 Å². The van der Waals surface area contributed by atoms with Crippen LogP contribution in [-0.2, 0) is 14.4 Å². The Morgan fingerprint density at radius 3 is 2.24 bits per heavy atom. The summed E-state index contributed by atoms with van der Waals surface area (Å²) in [7, 11) is 0. The fourth-order valence-corrected chi connectivity index (χ4v) is 2.94. The summed E-state index contributed by atoms with van der Waals surface area (Å²) in [6.07, 6.45) is 3.04. The van der Waals surface area contributed by atoms with Gasteiger partial charge >= 0.3 is 0 Å². The van der Waals surface area contributed by atoms with Gasteiger partial charge in [0.2, 0.25) is 17.7 Å². The molecule has 0 saturated heterocycles. The molecule has 6 nitrogen and oxygen atoms in total. The molecule has 3 amide bonds. The van der Waals surface area contributed by atoms with Crippen LogP contribution >= 0.6 is 0 Å². The number of carbonyl (C=O) groups excluding carboxylic acids is 3. The average Bonchev–Trinajstić information content (AvgIpc) is 2.68. The second-order valence-corrected chi connectivity index (χ2v) is 7.01. The predicted octanol–water partition coefficient (Wildman–Crippen LogP) is 2.88. The maximum Gasteiger partial charge on any atom is 0.244 e. The number of aryl methyl sites for hydroxylation is 3. The summed E-state index contributed by atoms with van der Waals surface area (Å²) in [6.45, 7) is 7.24. The largest absolute Gasteiger partial charge is 0.345 e. The number of rotatable bonds is 7. The summed E-state index contributed by atoms with van der Waals surface area (Å²) in [5, 5.41) is 7.95. The molecule has 152 valence electrons. The maximum atomic E-state index is 12.2. The lowest BCUT2D eigenvalue weighted by Gasteiger charge is -2.15. The average molecular weight is 393 g/mol. The molecule has 0 aliphatic carbocycles. The van der Waals surface area contributed by atoms with E-state index >= 15 is 0 Å². The first kappa shape index (κ1) is 21.9. The van der Waals surface area contributed by atoms with Gasteiger partial charge in [-0.1, -0.05) is 48.0 Å². The van der Waals surface area contributed by atoms with E-state index in [1.54, 1.807) is 13.0 Å². The summed E-state index contributed by atoms with van der Waals surface area (Å²) in [5.74, 6) is -1.14. The Balaban J connectivity index is 1.81. The van der Waals surface area contributed by atoms with Gasteiger partial charge in [0.1, 0.15) is 6.04 Å². The fourth-order valence-electron chi connectivity index (χ4n) is 2.94. The van der Waals surface area contributed by atoms with Gasteiger partial charge in [-0.2, -0.15) is 0 Å². The molecule has 2 rings (SSSR count). The molecule has 0 saturated carbocycles. The number of hydrogen-bond donors (Lipinski definition) is 3. The van der Waals surface area contributed by atoms with Gasteiger partial charge < -0.3 is 16.0 Å². The third-order valence-corrected chi connectivity index (χ3v) is 4.34. The van der Waals surface area contributed by atoms with E-state index in [1.165, 1.54) is 6.08 Å². The molecule has 6 heteroatoms. The van der Waals surface area contributed by atoms with Gasteiger partial charge in [-0.25, -0.2) is 0 Å². The zero-order valence-corrected chi connectivity index (χ0v) is 17.2. The lowest BCUT2D eigenvalue weighted by Crippen LogP contribution is -2.46. The molecule has 0 heterocycles. The Morgan fingerprint density at radius 1 is 1.00 bits per heavy atom. The minimum Gasteiger partial charge on any atom is -0.345 e. The van der Waals surface area contributed by atoms with Crippen molar-refractivity contribution in [2.45, 2.75) is 33.7 Å². The van der Waals surface area contributed by atoms with Gasteiger partial charge in [0.05, 0.1) is 6.54 Å². The molecule has 2 aromatic carbocycles. The highest BCUT2D eigenvalue weighted by molar-refractivity contribution is 5.98. The first-order valence-corrected chi connectivity index (χ1v) is 9.45. The topological polar surface area (TPSA) is 87.3 Å². The van der Waals surface area contributed by atoms with Crippen LogP contribution in [0.2, 0.25) is 0 Å². The van der Waals surface area contributed by atoms with Crippen molar-refractivity contribution in [3.8, 4) is 0 Å². The molecule has 1 unspecified atom stereocenters. The molecule has 0 spiro atoms. The number of nitrogens with one attached hydrogen (secondary N) is 3. The Kier molecular flexibility index (Phi) is 7.71. The molecule has 29 heavy (non-hydrogen) atoms. The fraction of sp³-hybridized carbons (Fsp3) is 0.261. The Morgan fingerprint density at radius 2 is 1.62 bits per heavy atom. The van der Waals surface area contributed by atoms with Crippen molar-refractivity contribution in [3.63, 3.8) is 0 Å². The van der Waals surface area contributed by atoms with E-state index in [-0.39, 0.29) is 18.4 Å². The summed E-state index contributed by atoms with van der Waals surface area (Å²) >= 11 is 0. The van der Waals surface area contributed by atoms with E-state index in [1.807, 2.05) is 63.2 Å². The second kappa shape index (κ2) is 10.2. The van der Waals surface area contributed by atoms with Gasteiger partial charge in [0, 0.05) is 11.8 Å². The first-order valence-electron chi connectivity index (χ1n) is 9.45. The third kappa shape index (κ3) is 6.92. The van der Waals surface area contributed by atoms with Crippen molar-refractivity contribution in [1.29, 1.82) is 0 Å². The van der Waals surface area contributed by atoms with Crippen LogP contribution in [-0.4, -0.2) is 30.3 Å². The van der Waals surface area contributed by atoms with E-state index in [0.717, 1.165) is 27.9 Å². The van der Waals surface area contributed by atoms with Crippen LogP contribution in [0.1, 0.15) is 29.2 Å². The zero-order chi connectivity index (χ0) is 21.4. The maximum absolute atomic E-state index is 12.2. The number of amides is 3. The number of benzene rings is 2. The van der Waals surface area contributed by atoms with Crippen LogP contribution in [0, 0.1) is 20.8 Å². The lowest BCUT2D eigenvalue weighted by atomic mass is 10.1. The van der Waals surface area contributed by atoms with Gasteiger partial charge in [0.15, 0.2) is 0 Å². The van der Waals surface area contributed by atoms with Crippen molar-refractivity contribution in [1.82, 2.24) is 10.6 Å². The van der Waals surface area contributed by atoms with Crippen LogP contribution in [0.25, 0.3) is 6.08 Å². The number of hydrogen-bond acceptors (Lipinski definition) is 3. The quantitative estimate of drug-likeness (QED) is 0.632. The smallest absolute Gasteiger partial charge is 0.244 e. The minimum absolute atomic E-state index is 0.175. The minimum atomic E-state index is -0.765. The molecule has 0 aliphatic rings. The van der Waals surface area contributed by atoms with Crippen LogP contribution in [0.5, 0.6) is 0 Å². The van der Waals surface area contributed by atoms with Crippen molar-refractivity contribution in [2.75, 3.05) is 11.9 Å². The van der Waals surface area contributed by atoms with Gasteiger partial charge in [0.25, 0.3) is 0 Å². The highest BCUT2D eigenvalue weighted by Crippen LogP contribution is 2.21. The van der Waals surface area contributed by atoms with E-state index in [9.17, 15) is 14.4 Å². The molecule has 0 radical (unpaired) electrons.